The lowest BCUT2D eigenvalue weighted by atomic mass is 10.0. The summed E-state index contributed by atoms with van der Waals surface area (Å²) in [5, 5.41) is 3.75. The molecule has 1 atom stereocenters. The highest BCUT2D eigenvalue weighted by Crippen LogP contribution is 2.17. The van der Waals surface area contributed by atoms with Crippen molar-refractivity contribution < 1.29 is 4.79 Å². The zero-order valence-electron chi connectivity index (χ0n) is 9.59. The van der Waals surface area contributed by atoms with E-state index in [9.17, 15) is 4.79 Å². The molecule has 1 aromatic carbocycles. The first-order valence-corrected chi connectivity index (χ1v) is 5.58. The van der Waals surface area contributed by atoms with Crippen LogP contribution in [0.4, 0.5) is 0 Å². The maximum absolute atomic E-state index is 12.0. The Morgan fingerprint density at radius 2 is 2.31 bits per heavy atom. The molecule has 0 radical (unpaired) electrons. The molecule has 0 fully saturated rings. The average molecular weight is 238 g/mol. The van der Waals surface area contributed by atoms with Gasteiger partial charge in [-0.1, -0.05) is 17.7 Å². The third kappa shape index (κ3) is 3.19. The fraction of sp³-hybridized carbons (Fsp3) is 0.308. The van der Waals surface area contributed by atoms with E-state index in [1.54, 1.807) is 18.2 Å². The van der Waals surface area contributed by atoms with Crippen LogP contribution in [0.15, 0.2) is 30.9 Å². The Bertz CT molecular complexity index is 401. The van der Waals surface area contributed by atoms with Gasteiger partial charge in [-0.25, -0.2) is 0 Å². The van der Waals surface area contributed by atoms with Gasteiger partial charge in [-0.2, -0.15) is 0 Å². The number of aryl methyl sites for hydroxylation is 1. The fourth-order valence-corrected chi connectivity index (χ4v) is 1.52. The van der Waals surface area contributed by atoms with Gasteiger partial charge in [0.15, 0.2) is 5.78 Å². The number of benzene rings is 1. The van der Waals surface area contributed by atoms with E-state index in [1.165, 1.54) is 0 Å². The number of hydrogen-bond donors (Lipinski definition) is 1. The Balaban J connectivity index is 2.79. The molecule has 2 nitrogen and oxygen atoms in total. The Morgan fingerprint density at radius 3 is 2.88 bits per heavy atom. The average Bonchev–Trinajstić information content (AvgIpc) is 2.28. The molecule has 0 bridgehead atoms. The molecule has 0 aromatic heterocycles. The minimum Gasteiger partial charge on any atom is -0.304 e. The Labute approximate surface area is 101 Å². The molecule has 86 valence electrons. The second-order valence-electron chi connectivity index (χ2n) is 3.75. The third-order valence-electron chi connectivity index (χ3n) is 2.40. The number of rotatable bonds is 5. The summed E-state index contributed by atoms with van der Waals surface area (Å²) in [7, 11) is 0. The topological polar surface area (TPSA) is 29.1 Å². The smallest absolute Gasteiger partial charge is 0.179 e. The summed E-state index contributed by atoms with van der Waals surface area (Å²) < 4.78 is 0. The monoisotopic (exact) mass is 237 g/mol. The van der Waals surface area contributed by atoms with Crippen LogP contribution in [0, 0.1) is 6.92 Å². The second kappa shape index (κ2) is 5.83. The van der Waals surface area contributed by atoms with E-state index in [2.05, 4.69) is 11.9 Å². The Morgan fingerprint density at radius 1 is 1.62 bits per heavy atom. The molecule has 1 unspecified atom stereocenters. The van der Waals surface area contributed by atoms with Crippen LogP contribution in [0.1, 0.15) is 22.8 Å². The number of hydrogen-bond acceptors (Lipinski definition) is 2. The number of halogens is 1. The van der Waals surface area contributed by atoms with E-state index in [-0.39, 0.29) is 11.8 Å². The highest BCUT2D eigenvalue weighted by molar-refractivity contribution is 6.31. The largest absolute Gasteiger partial charge is 0.304 e. The Kier molecular flexibility index (Phi) is 4.71. The minimum atomic E-state index is -0.210. The van der Waals surface area contributed by atoms with Crippen molar-refractivity contribution in [3.63, 3.8) is 0 Å². The summed E-state index contributed by atoms with van der Waals surface area (Å²) in [6.45, 7) is 7.96. The standard InChI is InChI=1S/C13H16ClNO/c1-4-7-15-10(3)13(16)11-5-6-12(14)9(2)8-11/h4-6,8,10,15H,1,7H2,2-3H3. The lowest BCUT2D eigenvalue weighted by molar-refractivity contribution is 0.0953. The fourth-order valence-electron chi connectivity index (χ4n) is 1.40. The van der Waals surface area contributed by atoms with Gasteiger partial charge in [-0.15, -0.1) is 6.58 Å². The van der Waals surface area contributed by atoms with E-state index in [1.807, 2.05) is 19.9 Å². The summed E-state index contributed by atoms with van der Waals surface area (Å²) in [5.41, 5.74) is 1.61. The van der Waals surface area contributed by atoms with Crippen molar-refractivity contribution in [3.05, 3.63) is 47.0 Å². The summed E-state index contributed by atoms with van der Waals surface area (Å²) in [5.74, 6) is 0.0709. The molecule has 0 amide bonds. The summed E-state index contributed by atoms with van der Waals surface area (Å²) >= 11 is 5.91. The van der Waals surface area contributed by atoms with Crippen molar-refractivity contribution in [3.8, 4) is 0 Å². The van der Waals surface area contributed by atoms with Crippen molar-refractivity contribution in [1.29, 1.82) is 0 Å². The normalized spacial score (nSPS) is 12.2. The highest BCUT2D eigenvalue weighted by Gasteiger charge is 2.14. The number of carbonyl (C=O) groups excluding carboxylic acids is 1. The zero-order valence-corrected chi connectivity index (χ0v) is 10.3. The van der Waals surface area contributed by atoms with Crippen molar-refractivity contribution >= 4 is 17.4 Å². The van der Waals surface area contributed by atoms with E-state index in [0.717, 1.165) is 5.56 Å². The zero-order chi connectivity index (χ0) is 12.1. The molecule has 0 saturated carbocycles. The lowest BCUT2D eigenvalue weighted by Gasteiger charge is -2.11. The first kappa shape index (κ1) is 12.9. The molecular weight excluding hydrogens is 222 g/mol. The summed E-state index contributed by atoms with van der Waals surface area (Å²) in [6.07, 6.45) is 1.73. The van der Waals surface area contributed by atoms with Gasteiger partial charge in [0.05, 0.1) is 6.04 Å². The van der Waals surface area contributed by atoms with Gasteiger partial charge in [0.2, 0.25) is 0 Å². The molecule has 0 heterocycles. The number of nitrogens with one attached hydrogen (secondary N) is 1. The van der Waals surface area contributed by atoms with Gasteiger partial charge >= 0.3 is 0 Å². The molecular formula is C13H16ClNO. The predicted molar refractivity (Wildman–Crippen MR) is 68.2 cm³/mol. The highest BCUT2D eigenvalue weighted by atomic mass is 35.5. The first-order chi connectivity index (χ1) is 7.56. The lowest BCUT2D eigenvalue weighted by Crippen LogP contribution is -2.34. The van der Waals surface area contributed by atoms with Gasteiger partial charge in [0, 0.05) is 17.1 Å². The number of Topliss-reactive ketones (excluding diaryl/α,β-unsaturated/α-hetero) is 1. The van der Waals surface area contributed by atoms with Gasteiger partial charge in [0.1, 0.15) is 0 Å². The number of ketones is 1. The van der Waals surface area contributed by atoms with E-state index in [4.69, 9.17) is 11.6 Å². The van der Waals surface area contributed by atoms with Crippen LogP contribution in [0.3, 0.4) is 0 Å². The minimum absolute atomic E-state index is 0.0709. The van der Waals surface area contributed by atoms with Crippen LogP contribution in [-0.4, -0.2) is 18.4 Å². The van der Waals surface area contributed by atoms with Gasteiger partial charge in [-0.3, -0.25) is 4.79 Å². The predicted octanol–water partition coefficient (Wildman–Crippen LogP) is 3.00. The van der Waals surface area contributed by atoms with Crippen molar-refractivity contribution in [1.82, 2.24) is 5.32 Å². The quantitative estimate of drug-likeness (QED) is 0.630. The van der Waals surface area contributed by atoms with E-state index in [0.29, 0.717) is 17.1 Å². The van der Waals surface area contributed by atoms with E-state index < -0.39 is 0 Å². The third-order valence-corrected chi connectivity index (χ3v) is 2.83. The Hall–Kier alpha value is -1.12. The van der Waals surface area contributed by atoms with Crippen LogP contribution in [0.5, 0.6) is 0 Å². The van der Waals surface area contributed by atoms with Crippen LogP contribution >= 0.6 is 11.6 Å². The molecule has 1 rings (SSSR count). The van der Waals surface area contributed by atoms with Crippen LogP contribution in [0.25, 0.3) is 0 Å². The second-order valence-corrected chi connectivity index (χ2v) is 4.15. The molecule has 1 N–H and O–H groups in total. The van der Waals surface area contributed by atoms with Crippen molar-refractivity contribution in [2.75, 3.05) is 6.54 Å². The van der Waals surface area contributed by atoms with Crippen molar-refractivity contribution in [2.24, 2.45) is 0 Å². The first-order valence-electron chi connectivity index (χ1n) is 5.21. The molecule has 0 saturated heterocycles. The molecule has 3 heteroatoms. The molecule has 0 aliphatic heterocycles. The maximum atomic E-state index is 12.0. The van der Waals surface area contributed by atoms with E-state index >= 15 is 0 Å². The van der Waals surface area contributed by atoms with Crippen molar-refractivity contribution in [2.45, 2.75) is 19.9 Å². The molecule has 0 aliphatic carbocycles. The van der Waals surface area contributed by atoms with Crippen LogP contribution < -0.4 is 5.32 Å². The molecule has 0 aliphatic rings. The molecule has 16 heavy (non-hydrogen) atoms. The molecule has 0 spiro atoms. The van der Waals surface area contributed by atoms with Gasteiger partial charge < -0.3 is 5.32 Å². The number of carbonyl (C=O) groups is 1. The maximum Gasteiger partial charge on any atom is 0.179 e. The summed E-state index contributed by atoms with van der Waals surface area (Å²) in [4.78, 5) is 12.0. The van der Waals surface area contributed by atoms with Gasteiger partial charge in [-0.05, 0) is 37.6 Å². The van der Waals surface area contributed by atoms with Crippen LogP contribution in [0.2, 0.25) is 5.02 Å². The SMILES string of the molecule is C=CCNC(C)C(=O)c1ccc(Cl)c(C)c1. The van der Waals surface area contributed by atoms with Gasteiger partial charge in [0.25, 0.3) is 0 Å². The molecule has 1 aromatic rings. The summed E-state index contributed by atoms with van der Waals surface area (Å²) in [6, 6.07) is 5.11. The van der Waals surface area contributed by atoms with Crippen LogP contribution in [-0.2, 0) is 0 Å².